The van der Waals surface area contributed by atoms with Crippen LogP contribution in [0, 0.1) is 12.3 Å². The van der Waals surface area contributed by atoms with Crippen LogP contribution in [0.25, 0.3) is 5.57 Å². The Morgan fingerprint density at radius 2 is 1.88 bits per heavy atom. The highest BCUT2D eigenvalue weighted by Gasteiger charge is 2.42. The summed E-state index contributed by atoms with van der Waals surface area (Å²) in [6.45, 7) is 0. The number of alkyl halides is 3. The summed E-state index contributed by atoms with van der Waals surface area (Å²) in [7, 11) is -2.50. The molecular weight excluding hydrogens is 372 g/mol. The monoisotopic (exact) mass is 383 g/mol. The minimum atomic E-state index is -4.63. The van der Waals surface area contributed by atoms with E-state index in [0.717, 1.165) is 31.6 Å². The first-order valence-electron chi connectivity index (χ1n) is 6.52. The summed E-state index contributed by atoms with van der Waals surface area (Å²) >= 11 is 5.96. The smallest absolute Gasteiger partial charge is 0.395 e. The van der Waals surface area contributed by atoms with Gasteiger partial charge >= 0.3 is 6.18 Å². The van der Waals surface area contributed by atoms with Crippen molar-refractivity contribution in [2.24, 2.45) is 5.92 Å². The second-order valence-corrected chi connectivity index (χ2v) is 7.53. The summed E-state index contributed by atoms with van der Waals surface area (Å²) in [6.07, 6.45) is -2.37. The fraction of sp³-hybridized carbons (Fsp3) is 0.267. The molecule has 1 aliphatic rings. The van der Waals surface area contributed by atoms with Gasteiger partial charge in [0.25, 0.3) is 0 Å². The zero-order valence-corrected chi connectivity index (χ0v) is 14.1. The van der Waals surface area contributed by atoms with Crippen LogP contribution in [-0.4, -0.2) is 28.0 Å². The van der Waals surface area contributed by atoms with Crippen molar-refractivity contribution in [2.75, 3.05) is 13.4 Å². The first kappa shape index (κ1) is 18.8. The molecule has 0 spiro atoms. The molecule has 1 aromatic rings. The van der Waals surface area contributed by atoms with E-state index in [0.29, 0.717) is 12.5 Å². The van der Waals surface area contributed by atoms with Gasteiger partial charge in [-0.3, -0.25) is 0 Å². The molecule has 0 amide bonds. The molecule has 0 saturated carbocycles. The van der Waals surface area contributed by atoms with Gasteiger partial charge in [-0.25, -0.2) is 12.8 Å². The molecule has 0 fully saturated rings. The number of hydrogen-bond donors (Lipinski definition) is 0. The third-order valence-electron chi connectivity index (χ3n) is 3.39. The fourth-order valence-corrected chi connectivity index (χ4v) is 3.16. The number of ether oxygens (including phenoxy) is 1. The van der Waals surface area contributed by atoms with Crippen molar-refractivity contribution >= 4 is 27.0 Å². The van der Waals surface area contributed by atoms with E-state index in [-0.39, 0.29) is 15.5 Å². The molecule has 1 aromatic carbocycles. The number of hydrogen-bond acceptors (Lipinski definition) is 3. The van der Waals surface area contributed by atoms with Gasteiger partial charge in [-0.1, -0.05) is 23.7 Å². The summed E-state index contributed by atoms with van der Waals surface area (Å²) < 4.78 is 81.0. The minimum absolute atomic E-state index is 0.0570. The second-order valence-electron chi connectivity index (χ2n) is 5.11. The Hall–Kier alpha value is -1.54. The van der Waals surface area contributed by atoms with Gasteiger partial charge in [0.1, 0.15) is 5.76 Å². The lowest BCUT2D eigenvalue weighted by atomic mass is 9.90. The SMILES string of the molecule is COC1=C(F)C(c2ccc(S(C)(=O)=O)cc2Cl)=CC(C(F)(F)F)[CH]1. The Kier molecular flexibility index (Phi) is 5.01. The quantitative estimate of drug-likeness (QED) is 0.729. The molecule has 0 heterocycles. The van der Waals surface area contributed by atoms with Crippen LogP contribution in [0.15, 0.2) is 40.8 Å². The number of halogens is 5. The van der Waals surface area contributed by atoms with E-state index in [9.17, 15) is 26.0 Å². The number of benzene rings is 1. The summed E-state index contributed by atoms with van der Waals surface area (Å²) in [5.41, 5.74) is -0.458. The average molecular weight is 384 g/mol. The van der Waals surface area contributed by atoms with Crippen LogP contribution < -0.4 is 0 Å². The van der Waals surface area contributed by atoms with E-state index in [4.69, 9.17) is 11.6 Å². The molecule has 0 aliphatic heterocycles. The van der Waals surface area contributed by atoms with Crippen molar-refractivity contribution < 1.29 is 30.7 Å². The fourth-order valence-electron chi connectivity index (χ4n) is 2.17. The van der Waals surface area contributed by atoms with E-state index < -0.39 is 39.1 Å². The van der Waals surface area contributed by atoms with Crippen molar-refractivity contribution in [3.63, 3.8) is 0 Å². The highest BCUT2D eigenvalue weighted by molar-refractivity contribution is 7.90. The van der Waals surface area contributed by atoms with Crippen LogP contribution in [0.5, 0.6) is 0 Å². The highest BCUT2D eigenvalue weighted by atomic mass is 35.5. The standard InChI is InChI=1S/C15H12ClF4O3S/c1-23-13-6-8(15(18,19)20)5-11(14(13)17)10-4-3-9(7-12(10)16)24(2,21)22/h3-8H,1-2H3. The van der Waals surface area contributed by atoms with Crippen molar-refractivity contribution in [2.45, 2.75) is 11.1 Å². The van der Waals surface area contributed by atoms with E-state index in [1.54, 1.807) is 0 Å². The van der Waals surface area contributed by atoms with Gasteiger partial charge in [0, 0.05) is 28.8 Å². The summed E-state index contributed by atoms with van der Waals surface area (Å²) in [6, 6.07) is 3.38. The van der Waals surface area contributed by atoms with Gasteiger partial charge in [0.05, 0.1) is 17.9 Å². The molecule has 0 bridgehead atoms. The van der Waals surface area contributed by atoms with Crippen LogP contribution in [0.4, 0.5) is 17.6 Å². The van der Waals surface area contributed by atoms with E-state index in [2.05, 4.69) is 4.74 Å². The summed E-state index contributed by atoms with van der Waals surface area (Å²) in [4.78, 5) is -0.122. The lowest BCUT2D eigenvalue weighted by Gasteiger charge is -2.24. The average Bonchev–Trinajstić information content (AvgIpc) is 2.45. The Morgan fingerprint density at radius 1 is 1.25 bits per heavy atom. The zero-order chi connectivity index (χ0) is 18.3. The van der Waals surface area contributed by atoms with Gasteiger partial charge < -0.3 is 4.74 Å². The molecule has 131 valence electrons. The largest absolute Gasteiger partial charge is 0.498 e. The van der Waals surface area contributed by atoms with Crippen LogP contribution in [0.2, 0.25) is 5.02 Å². The highest BCUT2D eigenvalue weighted by Crippen LogP contribution is 2.43. The number of sulfone groups is 1. The van der Waals surface area contributed by atoms with Crippen LogP contribution in [0.1, 0.15) is 5.56 Å². The zero-order valence-electron chi connectivity index (χ0n) is 12.5. The Balaban J connectivity index is 2.59. The molecule has 3 nitrogen and oxygen atoms in total. The maximum atomic E-state index is 14.4. The summed E-state index contributed by atoms with van der Waals surface area (Å²) in [5.74, 6) is -3.61. The van der Waals surface area contributed by atoms with E-state index in [1.165, 1.54) is 0 Å². The molecule has 1 radical (unpaired) electrons. The first-order chi connectivity index (χ1) is 10.9. The molecule has 24 heavy (non-hydrogen) atoms. The van der Waals surface area contributed by atoms with Gasteiger partial charge in [0.2, 0.25) is 0 Å². The van der Waals surface area contributed by atoms with E-state index in [1.807, 2.05) is 0 Å². The maximum Gasteiger partial charge on any atom is 0.395 e. The molecule has 0 aromatic heterocycles. The Labute approximate surface area is 141 Å². The second kappa shape index (κ2) is 6.40. The van der Waals surface area contributed by atoms with Crippen molar-refractivity contribution in [3.8, 4) is 0 Å². The van der Waals surface area contributed by atoms with Crippen molar-refractivity contribution in [3.05, 3.63) is 52.9 Å². The van der Waals surface area contributed by atoms with Crippen molar-refractivity contribution in [1.82, 2.24) is 0 Å². The number of allylic oxidation sites excluding steroid dienone is 4. The normalized spacial score (nSPS) is 19.3. The number of methoxy groups -OCH3 is 1. The van der Waals surface area contributed by atoms with Gasteiger partial charge in [0.15, 0.2) is 15.7 Å². The lowest BCUT2D eigenvalue weighted by molar-refractivity contribution is -0.153. The van der Waals surface area contributed by atoms with E-state index >= 15 is 0 Å². The molecule has 0 saturated heterocycles. The maximum absolute atomic E-state index is 14.4. The minimum Gasteiger partial charge on any atom is -0.498 e. The molecule has 0 N–H and O–H groups in total. The van der Waals surface area contributed by atoms with Gasteiger partial charge in [-0.15, -0.1) is 0 Å². The summed E-state index contributed by atoms with van der Waals surface area (Å²) in [5, 5.41) is -0.183. The van der Waals surface area contributed by atoms with Gasteiger partial charge in [-0.2, -0.15) is 13.2 Å². The molecular formula is C15H12ClF4O3S. The third kappa shape index (κ3) is 3.75. The predicted molar refractivity (Wildman–Crippen MR) is 81.5 cm³/mol. The lowest BCUT2D eigenvalue weighted by Crippen LogP contribution is -2.25. The van der Waals surface area contributed by atoms with Crippen LogP contribution in [0.3, 0.4) is 0 Å². The first-order valence-corrected chi connectivity index (χ1v) is 8.79. The van der Waals surface area contributed by atoms with Crippen LogP contribution >= 0.6 is 11.6 Å². The Bertz CT molecular complexity index is 826. The topological polar surface area (TPSA) is 43.4 Å². The third-order valence-corrected chi connectivity index (χ3v) is 4.81. The molecule has 2 rings (SSSR count). The molecule has 9 heteroatoms. The Morgan fingerprint density at radius 3 is 2.33 bits per heavy atom. The molecule has 1 atom stereocenters. The van der Waals surface area contributed by atoms with Crippen molar-refractivity contribution in [1.29, 1.82) is 0 Å². The number of rotatable bonds is 3. The molecule has 1 aliphatic carbocycles. The molecule has 1 unspecified atom stereocenters. The van der Waals surface area contributed by atoms with Crippen LogP contribution in [-0.2, 0) is 14.6 Å². The van der Waals surface area contributed by atoms with Gasteiger partial charge in [-0.05, 0) is 12.1 Å². The predicted octanol–water partition coefficient (Wildman–Crippen LogP) is 4.35.